The molecule has 1 aromatic heterocycles. The standard InChI is InChI=1S/C12H22N4O/c1-13-12(17)9-7-5-3-2-4-6-8-11-14-10-15-16-11/h10H,2-9H2,1H3,(H,13,17)(H,14,15,16). The van der Waals surface area contributed by atoms with Crippen molar-refractivity contribution in [1.82, 2.24) is 20.5 Å². The van der Waals surface area contributed by atoms with Gasteiger partial charge in [-0.2, -0.15) is 5.10 Å². The molecule has 0 aliphatic heterocycles. The van der Waals surface area contributed by atoms with E-state index in [0.717, 1.165) is 31.5 Å². The highest BCUT2D eigenvalue weighted by molar-refractivity contribution is 5.75. The van der Waals surface area contributed by atoms with Crippen LogP contribution in [0.2, 0.25) is 0 Å². The normalized spacial score (nSPS) is 10.4. The molecule has 0 atom stereocenters. The fourth-order valence-electron chi connectivity index (χ4n) is 1.76. The van der Waals surface area contributed by atoms with E-state index < -0.39 is 0 Å². The Morgan fingerprint density at radius 3 is 2.59 bits per heavy atom. The number of aryl methyl sites for hydroxylation is 1. The van der Waals surface area contributed by atoms with Crippen LogP contribution in [0.25, 0.3) is 0 Å². The third-order valence-corrected chi connectivity index (χ3v) is 2.80. The van der Waals surface area contributed by atoms with Gasteiger partial charge in [0.2, 0.25) is 5.91 Å². The zero-order valence-electron chi connectivity index (χ0n) is 10.5. The van der Waals surface area contributed by atoms with Crippen molar-refractivity contribution in [3.05, 3.63) is 12.2 Å². The number of nitrogens with zero attached hydrogens (tertiary/aromatic N) is 2. The van der Waals surface area contributed by atoms with Crippen LogP contribution in [0, 0.1) is 0 Å². The van der Waals surface area contributed by atoms with Crippen LogP contribution < -0.4 is 5.32 Å². The predicted octanol–water partition coefficient (Wildman–Crippen LogP) is 1.82. The first-order valence-corrected chi connectivity index (χ1v) is 6.38. The molecule has 17 heavy (non-hydrogen) atoms. The van der Waals surface area contributed by atoms with E-state index in [1.165, 1.54) is 19.3 Å². The molecule has 0 bridgehead atoms. The van der Waals surface area contributed by atoms with Crippen LogP contribution >= 0.6 is 0 Å². The van der Waals surface area contributed by atoms with E-state index in [9.17, 15) is 4.79 Å². The molecular weight excluding hydrogens is 216 g/mol. The highest BCUT2D eigenvalue weighted by atomic mass is 16.1. The Kier molecular flexibility index (Phi) is 7.02. The largest absolute Gasteiger partial charge is 0.359 e. The first-order chi connectivity index (χ1) is 8.33. The highest BCUT2D eigenvalue weighted by Gasteiger charge is 1.98. The van der Waals surface area contributed by atoms with Gasteiger partial charge < -0.3 is 5.32 Å². The van der Waals surface area contributed by atoms with Gasteiger partial charge in [-0.25, -0.2) is 4.98 Å². The summed E-state index contributed by atoms with van der Waals surface area (Å²) in [4.78, 5) is 15.0. The number of aromatic nitrogens is 3. The van der Waals surface area contributed by atoms with Crippen molar-refractivity contribution < 1.29 is 4.79 Å². The van der Waals surface area contributed by atoms with Crippen molar-refractivity contribution in [2.24, 2.45) is 0 Å². The van der Waals surface area contributed by atoms with Crippen molar-refractivity contribution in [2.45, 2.75) is 51.4 Å². The van der Waals surface area contributed by atoms with Crippen LogP contribution in [-0.2, 0) is 11.2 Å². The summed E-state index contributed by atoms with van der Waals surface area (Å²) in [6.45, 7) is 0. The maximum Gasteiger partial charge on any atom is 0.219 e. The summed E-state index contributed by atoms with van der Waals surface area (Å²) >= 11 is 0. The second-order valence-electron chi connectivity index (χ2n) is 4.21. The average molecular weight is 238 g/mol. The van der Waals surface area contributed by atoms with Crippen molar-refractivity contribution >= 4 is 5.91 Å². The molecule has 96 valence electrons. The number of hydrogen-bond acceptors (Lipinski definition) is 3. The van der Waals surface area contributed by atoms with E-state index in [2.05, 4.69) is 20.5 Å². The Hall–Kier alpha value is -1.39. The second-order valence-corrected chi connectivity index (χ2v) is 4.21. The predicted molar refractivity (Wildman–Crippen MR) is 66.5 cm³/mol. The van der Waals surface area contributed by atoms with Gasteiger partial charge in [-0.15, -0.1) is 0 Å². The number of amides is 1. The molecule has 5 nitrogen and oxygen atoms in total. The summed E-state index contributed by atoms with van der Waals surface area (Å²) in [7, 11) is 1.69. The first-order valence-electron chi connectivity index (χ1n) is 6.38. The van der Waals surface area contributed by atoms with Gasteiger partial charge in [0.05, 0.1) is 0 Å². The first kappa shape index (κ1) is 13.7. The lowest BCUT2D eigenvalue weighted by molar-refractivity contribution is -0.120. The molecule has 5 heteroatoms. The lowest BCUT2D eigenvalue weighted by Gasteiger charge is -2.01. The third-order valence-electron chi connectivity index (χ3n) is 2.80. The van der Waals surface area contributed by atoms with Crippen LogP contribution in [0.15, 0.2) is 6.33 Å². The van der Waals surface area contributed by atoms with Gasteiger partial charge in [0.1, 0.15) is 12.2 Å². The molecule has 0 aliphatic carbocycles. The summed E-state index contributed by atoms with van der Waals surface area (Å²) in [5.74, 6) is 1.05. The Morgan fingerprint density at radius 1 is 1.24 bits per heavy atom. The van der Waals surface area contributed by atoms with Crippen LogP contribution in [0.5, 0.6) is 0 Å². The van der Waals surface area contributed by atoms with Crippen LogP contribution in [0.3, 0.4) is 0 Å². The molecule has 0 aliphatic rings. The molecule has 0 radical (unpaired) electrons. The maximum absolute atomic E-state index is 11.0. The van der Waals surface area contributed by atoms with E-state index >= 15 is 0 Å². The smallest absolute Gasteiger partial charge is 0.219 e. The second kappa shape index (κ2) is 8.73. The molecule has 1 amide bonds. The molecule has 0 aromatic carbocycles. The van der Waals surface area contributed by atoms with Crippen LogP contribution in [-0.4, -0.2) is 28.1 Å². The summed E-state index contributed by atoms with van der Waals surface area (Å²) in [5.41, 5.74) is 0. The van der Waals surface area contributed by atoms with Gasteiger partial charge in [0.25, 0.3) is 0 Å². The topological polar surface area (TPSA) is 70.7 Å². The number of nitrogens with one attached hydrogen (secondary N) is 2. The quantitative estimate of drug-likeness (QED) is 0.645. The molecule has 1 heterocycles. The van der Waals surface area contributed by atoms with E-state index in [1.54, 1.807) is 13.4 Å². The van der Waals surface area contributed by atoms with Gasteiger partial charge in [-0.1, -0.05) is 25.7 Å². The Labute approximate surface area is 102 Å². The fraction of sp³-hybridized carbons (Fsp3) is 0.750. The summed E-state index contributed by atoms with van der Waals surface area (Å²) in [5, 5.41) is 9.36. The SMILES string of the molecule is CNC(=O)CCCCCCCCc1nc[nH]n1. The fourth-order valence-corrected chi connectivity index (χ4v) is 1.76. The van der Waals surface area contributed by atoms with Crippen molar-refractivity contribution in [3.8, 4) is 0 Å². The minimum atomic E-state index is 0.148. The molecule has 0 unspecified atom stereocenters. The van der Waals surface area contributed by atoms with Gasteiger partial charge in [-0.3, -0.25) is 9.89 Å². The number of aromatic amines is 1. The van der Waals surface area contributed by atoms with E-state index in [0.29, 0.717) is 6.42 Å². The average Bonchev–Trinajstić information content (AvgIpc) is 2.85. The molecule has 0 spiro atoms. The van der Waals surface area contributed by atoms with E-state index in [1.807, 2.05) is 0 Å². The Bertz CT molecular complexity index is 297. The summed E-state index contributed by atoms with van der Waals surface area (Å²) in [6, 6.07) is 0. The van der Waals surface area contributed by atoms with Crippen molar-refractivity contribution in [1.29, 1.82) is 0 Å². The third kappa shape index (κ3) is 6.71. The molecule has 2 N–H and O–H groups in total. The zero-order chi connectivity index (χ0) is 12.3. The number of hydrogen-bond donors (Lipinski definition) is 2. The number of carbonyl (C=O) groups is 1. The summed E-state index contributed by atoms with van der Waals surface area (Å²) < 4.78 is 0. The number of unbranched alkanes of at least 4 members (excludes halogenated alkanes) is 5. The van der Waals surface area contributed by atoms with Gasteiger partial charge in [-0.05, 0) is 12.8 Å². The van der Waals surface area contributed by atoms with E-state index in [4.69, 9.17) is 0 Å². The van der Waals surface area contributed by atoms with Gasteiger partial charge in [0, 0.05) is 19.9 Å². The molecule has 0 saturated carbocycles. The summed E-state index contributed by atoms with van der Waals surface area (Å²) in [6.07, 6.45) is 10.2. The molecule has 1 rings (SSSR count). The minimum Gasteiger partial charge on any atom is -0.359 e. The van der Waals surface area contributed by atoms with E-state index in [-0.39, 0.29) is 5.91 Å². The maximum atomic E-state index is 11.0. The van der Waals surface area contributed by atoms with Gasteiger partial charge >= 0.3 is 0 Å². The van der Waals surface area contributed by atoms with Crippen molar-refractivity contribution in [3.63, 3.8) is 0 Å². The number of carbonyl (C=O) groups excluding carboxylic acids is 1. The lowest BCUT2D eigenvalue weighted by Crippen LogP contribution is -2.16. The molecule has 0 fully saturated rings. The van der Waals surface area contributed by atoms with Crippen LogP contribution in [0.1, 0.15) is 50.8 Å². The number of H-pyrrole nitrogens is 1. The molecular formula is C12H22N4O. The molecule has 1 aromatic rings. The zero-order valence-corrected chi connectivity index (χ0v) is 10.5. The Morgan fingerprint density at radius 2 is 1.94 bits per heavy atom. The number of rotatable bonds is 9. The van der Waals surface area contributed by atoms with Gasteiger partial charge in [0.15, 0.2) is 0 Å². The van der Waals surface area contributed by atoms with Crippen molar-refractivity contribution in [2.75, 3.05) is 7.05 Å². The van der Waals surface area contributed by atoms with Crippen LogP contribution in [0.4, 0.5) is 0 Å². The minimum absolute atomic E-state index is 0.148. The molecule has 0 saturated heterocycles. The highest BCUT2D eigenvalue weighted by Crippen LogP contribution is 2.08. The monoisotopic (exact) mass is 238 g/mol. The lowest BCUT2D eigenvalue weighted by atomic mass is 10.1. The Balaban J connectivity index is 1.83.